The van der Waals surface area contributed by atoms with Crippen LogP contribution in [0.15, 0.2) is 0 Å². The van der Waals surface area contributed by atoms with Crippen molar-refractivity contribution in [2.45, 2.75) is 80.5 Å². The van der Waals surface area contributed by atoms with Crippen molar-refractivity contribution in [3.8, 4) is 0 Å². The molecular weight excluding hydrogens is 369 g/mol. The van der Waals surface area contributed by atoms with Crippen LogP contribution in [0.25, 0.3) is 0 Å². The summed E-state index contributed by atoms with van der Waals surface area (Å²) in [7, 11) is 0. The Morgan fingerprint density at radius 3 is 1.50 bits per heavy atom. The summed E-state index contributed by atoms with van der Waals surface area (Å²) in [4.78, 5) is 0. The van der Waals surface area contributed by atoms with E-state index in [1.54, 1.807) is 0 Å². The summed E-state index contributed by atoms with van der Waals surface area (Å²) in [6.07, 6.45) is 2.32. The van der Waals surface area contributed by atoms with Gasteiger partial charge in [0, 0.05) is 0 Å². The summed E-state index contributed by atoms with van der Waals surface area (Å²) in [6.45, 7) is 13.6. The minimum absolute atomic E-state index is 0.344. The second kappa shape index (κ2) is 9.21. The summed E-state index contributed by atoms with van der Waals surface area (Å²) in [6, 6.07) is 0. The van der Waals surface area contributed by atoms with Crippen LogP contribution in [0.5, 0.6) is 0 Å². The van der Waals surface area contributed by atoms with E-state index in [0.717, 1.165) is 19.6 Å². The van der Waals surface area contributed by atoms with Gasteiger partial charge in [0.15, 0.2) is 0 Å². The van der Waals surface area contributed by atoms with E-state index in [9.17, 15) is 0 Å². The molecule has 0 aliphatic carbocycles. The quantitative estimate of drug-likeness (QED) is 0.411. The molecule has 0 amide bonds. The van der Waals surface area contributed by atoms with E-state index in [4.69, 9.17) is 7.53 Å². The summed E-state index contributed by atoms with van der Waals surface area (Å²) in [5.74, 6) is 6.92. The van der Waals surface area contributed by atoms with Crippen LogP contribution in [0.2, 0.25) is 33.0 Å². The van der Waals surface area contributed by atoms with Crippen LogP contribution in [0.3, 0.4) is 0 Å². The monoisotopic (exact) mass is 410 g/mol. The molecule has 122 valence electrons. The number of rotatable bonds is 11. The molecule has 0 aromatic heterocycles. The van der Waals surface area contributed by atoms with Gasteiger partial charge in [-0.05, 0) is 0 Å². The van der Waals surface area contributed by atoms with Crippen molar-refractivity contribution in [3.05, 3.63) is 0 Å². The van der Waals surface area contributed by atoms with Gasteiger partial charge in [0.05, 0.1) is 0 Å². The van der Waals surface area contributed by atoms with Gasteiger partial charge in [-0.15, -0.1) is 0 Å². The second-order valence-electron chi connectivity index (χ2n) is 7.72. The van der Waals surface area contributed by atoms with Crippen molar-refractivity contribution < 1.29 is 7.53 Å². The fourth-order valence-electron chi connectivity index (χ4n) is 2.36. The molecule has 0 aliphatic rings. The van der Waals surface area contributed by atoms with Gasteiger partial charge in [-0.25, -0.2) is 0 Å². The first-order valence-corrected chi connectivity index (χ1v) is 20.8. The predicted octanol–water partition coefficient (Wildman–Crippen LogP) is 5.67. The van der Waals surface area contributed by atoms with E-state index in [-0.39, 0.29) is 0 Å². The average molecular weight is 408 g/mol. The fourth-order valence-corrected chi connectivity index (χ4v) is 9.41. The molecule has 0 bridgehead atoms. The van der Waals surface area contributed by atoms with Gasteiger partial charge >= 0.3 is 134 Å². The number of hydrogen-bond acceptors (Lipinski definition) is 2. The van der Waals surface area contributed by atoms with Gasteiger partial charge < -0.3 is 0 Å². The van der Waals surface area contributed by atoms with Gasteiger partial charge in [-0.1, -0.05) is 0 Å². The van der Waals surface area contributed by atoms with Crippen LogP contribution in [0, 0.1) is 5.41 Å². The molecule has 0 spiro atoms. The molecular formula is C16H38Ge2O2. The molecule has 0 aromatic carbocycles. The van der Waals surface area contributed by atoms with Gasteiger partial charge in [-0.2, -0.15) is 0 Å². The molecule has 0 unspecified atom stereocenters. The predicted molar refractivity (Wildman–Crippen MR) is 95.5 cm³/mol. The third-order valence-corrected chi connectivity index (χ3v) is 16.5. The summed E-state index contributed by atoms with van der Waals surface area (Å²) < 4.78 is 12.5. The van der Waals surface area contributed by atoms with Crippen LogP contribution in [-0.2, 0) is 7.53 Å². The Labute approximate surface area is 133 Å². The number of hydrogen-bond donors (Lipinski definition) is 0. The topological polar surface area (TPSA) is 18.5 Å². The zero-order valence-electron chi connectivity index (χ0n) is 15.3. The van der Waals surface area contributed by atoms with Crippen molar-refractivity contribution in [2.75, 3.05) is 13.2 Å². The molecule has 0 N–H and O–H groups in total. The molecule has 4 heteroatoms. The Hall–Kier alpha value is 1.01. The Morgan fingerprint density at radius 1 is 0.750 bits per heavy atom. The molecule has 20 heavy (non-hydrogen) atoms. The first-order chi connectivity index (χ1) is 9.10. The minimum atomic E-state index is -1.93. The van der Waals surface area contributed by atoms with Crippen molar-refractivity contribution in [2.24, 2.45) is 5.41 Å². The molecule has 0 aliphatic heterocycles. The molecule has 0 fully saturated rings. The Kier molecular flexibility index (Phi) is 9.68. The molecule has 2 nitrogen and oxygen atoms in total. The van der Waals surface area contributed by atoms with E-state index in [0.29, 0.717) is 5.41 Å². The van der Waals surface area contributed by atoms with Gasteiger partial charge in [0.1, 0.15) is 0 Å². The van der Waals surface area contributed by atoms with E-state index in [1.807, 2.05) is 0 Å². The Balaban J connectivity index is 4.09. The third kappa shape index (κ3) is 9.11. The normalized spacial score (nSPS) is 13.8. The second-order valence-corrected chi connectivity index (χ2v) is 27.2. The standard InChI is InChI=1S/C16H38Ge2O2/c1-9-18(10-2,11-3)20-15-13-16(4,5)12-14-19-17(6,7)8/h9-15H2,1-8H3. The van der Waals surface area contributed by atoms with Crippen LogP contribution in [0.1, 0.15) is 47.5 Å². The zero-order valence-corrected chi connectivity index (χ0v) is 19.5. The molecule has 0 atom stereocenters. The molecule has 0 aromatic rings. The maximum atomic E-state index is 6.42. The van der Waals surface area contributed by atoms with Crippen molar-refractivity contribution >= 4 is 27.2 Å². The molecule has 0 rings (SSSR count). The molecule has 0 radical (unpaired) electrons. The molecule has 0 saturated heterocycles. The average Bonchev–Trinajstić information content (AvgIpc) is 2.33. The van der Waals surface area contributed by atoms with Crippen molar-refractivity contribution in [1.29, 1.82) is 0 Å². The Bertz CT molecular complexity index is 247. The molecule has 0 saturated carbocycles. The summed E-state index contributed by atoms with van der Waals surface area (Å²) in [5, 5.41) is 3.90. The van der Waals surface area contributed by atoms with Crippen molar-refractivity contribution in [3.63, 3.8) is 0 Å². The van der Waals surface area contributed by atoms with Crippen molar-refractivity contribution in [1.82, 2.24) is 0 Å². The summed E-state index contributed by atoms with van der Waals surface area (Å²) >= 11 is -3.75. The fraction of sp³-hybridized carbons (Fsp3) is 1.00. The van der Waals surface area contributed by atoms with Crippen LogP contribution in [0.4, 0.5) is 0 Å². The van der Waals surface area contributed by atoms with Gasteiger partial charge in [0.2, 0.25) is 0 Å². The zero-order chi connectivity index (χ0) is 15.9. The SMILES string of the molecule is C[CH2][Ge]([CH2]C)([CH2]C)[O]CCC(C)(C)CC[O][Ge]([CH3])([CH3])[CH3]. The Morgan fingerprint density at radius 2 is 1.15 bits per heavy atom. The maximum absolute atomic E-state index is 6.42. The van der Waals surface area contributed by atoms with Gasteiger partial charge in [0.25, 0.3) is 0 Å². The van der Waals surface area contributed by atoms with Crippen LogP contribution >= 0.6 is 0 Å². The first-order valence-electron chi connectivity index (χ1n) is 8.37. The van der Waals surface area contributed by atoms with E-state index >= 15 is 0 Å². The van der Waals surface area contributed by atoms with Crippen LogP contribution in [-0.4, -0.2) is 40.4 Å². The van der Waals surface area contributed by atoms with Gasteiger partial charge in [-0.3, -0.25) is 0 Å². The van der Waals surface area contributed by atoms with Crippen LogP contribution < -0.4 is 0 Å². The third-order valence-electron chi connectivity index (χ3n) is 4.43. The van der Waals surface area contributed by atoms with E-state index in [1.165, 1.54) is 22.2 Å². The summed E-state index contributed by atoms with van der Waals surface area (Å²) in [5.41, 5.74) is 0.344. The van der Waals surface area contributed by atoms with E-state index in [2.05, 4.69) is 51.9 Å². The van der Waals surface area contributed by atoms with E-state index < -0.39 is 27.2 Å². The molecule has 0 heterocycles. The first kappa shape index (κ1) is 21.0.